The van der Waals surface area contributed by atoms with Gasteiger partial charge in [-0.05, 0) is 74.8 Å². The Hall–Kier alpha value is -4.12. The molecule has 1 aromatic heterocycles. The summed E-state index contributed by atoms with van der Waals surface area (Å²) < 4.78 is 15.0. The Morgan fingerprint density at radius 1 is 0.808 bits per heavy atom. The third-order valence-electron chi connectivity index (χ3n) is 11.6. The summed E-state index contributed by atoms with van der Waals surface area (Å²) in [4.78, 5) is 60.3. The van der Waals surface area contributed by atoms with Crippen molar-refractivity contribution in [2.75, 3.05) is 58.9 Å². The molecule has 280 valence electrons. The molecule has 11 heteroatoms. The fourth-order valence-electron chi connectivity index (χ4n) is 8.93. The molecular weight excluding hydrogens is 659 g/mol. The molecule has 1 atom stereocenters. The highest BCUT2D eigenvalue weighted by Gasteiger charge is 2.41. The molecule has 1 spiro atoms. The molecule has 3 amide bonds. The van der Waals surface area contributed by atoms with Crippen molar-refractivity contribution in [3.63, 3.8) is 0 Å². The topological polar surface area (TPSA) is 110 Å². The largest absolute Gasteiger partial charge is 0.342 e. The number of carbonyl (C=O) groups is 3. The molecule has 10 nitrogen and oxygen atoms in total. The molecule has 3 aliphatic heterocycles. The van der Waals surface area contributed by atoms with Crippen molar-refractivity contribution in [3.8, 4) is 0 Å². The first-order valence-corrected chi connectivity index (χ1v) is 19.6. The minimum atomic E-state index is -0.590. The van der Waals surface area contributed by atoms with Gasteiger partial charge in [-0.15, -0.1) is 0 Å². The lowest BCUT2D eigenvalue weighted by Gasteiger charge is -2.49. The lowest BCUT2D eigenvalue weighted by molar-refractivity contribution is -0.139. The number of halogens is 1. The second-order valence-electron chi connectivity index (χ2n) is 15.2. The van der Waals surface area contributed by atoms with E-state index in [1.807, 2.05) is 30.9 Å². The predicted molar refractivity (Wildman–Crippen MR) is 201 cm³/mol. The maximum absolute atomic E-state index is 15.0. The van der Waals surface area contributed by atoms with Crippen molar-refractivity contribution in [1.29, 1.82) is 0 Å². The molecule has 3 aromatic rings. The lowest BCUT2D eigenvalue weighted by atomic mass is 9.73. The Bertz CT molecular complexity index is 1780. The highest BCUT2D eigenvalue weighted by molar-refractivity contribution is 5.95. The Labute approximate surface area is 306 Å². The van der Waals surface area contributed by atoms with Crippen LogP contribution in [0.5, 0.6) is 0 Å². The molecule has 2 aromatic carbocycles. The highest BCUT2D eigenvalue weighted by Crippen LogP contribution is 2.39. The van der Waals surface area contributed by atoms with Crippen LogP contribution < -0.4 is 5.56 Å². The van der Waals surface area contributed by atoms with Crippen LogP contribution in [0, 0.1) is 17.2 Å². The second kappa shape index (κ2) is 17.1. The smallest absolute Gasteiger partial charge is 0.272 e. The van der Waals surface area contributed by atoms with Crippen LogP contribution in [0.25, 0.3) is 10.8 Å². The van der Waals surface area contributed by atoms with Gasteiger partial charge in [-0.2, -0.15) is 5.10 Å². The maximum atomic E-state index is 15.0. The summed E-state index contributed by atoms with van der Waals surface area (Å²) in [5.74, 6) is -0.0607. The minimum Gasteiger partial charge on any atom is -0.342 e. The number of piperazine rings is 1. The van der Waals surface area contributed by atoms with Gasteiger partial charge < -0.3 is 14.7 Å². The van der Waals surface area contributed by atoms with Gasteiger partial charge in [0.2, 0.25) is 11.8 Å². The molecule has 1 aliphatic carbocycles. The summed E-state index contributed by atoms with van der Waals surface area (Å²) in [7, 11) is 0. The van der Waals surface area contributed by atoms with Crippen LogP contribution >= 0.6 is 0 Å². The molecule has 0 bridgehead atoms. The normalized spacial score (nSPS) is 21.6. The zero-order valence-corrected chi connectivity index (χ0v) is 31.0. The number of fused-ring (bicyclic) bond motifs is 1. The van der Waals surface area contributed by atoms with E-state index in [9.17, 15) is 19.2 Å². The first kappa shape index (κ1) is 37.6. The van der Waals surface area contributed by atoms with E-state index in [1.165, 1.54) is 38.2 Å². The monoisotopic (exact) mass is 714 g/mol. The van der Waals surface area contributed by atoms with Gasteiger partial charge in [0.15, 0.2) is 0 Å². The summed E-state index contributed by atoms with van der Waals surface area (Å²) in [6, 6.07) is 11.7. The van der Waals surface area contributed by atoms with E-state index in [-0.39, 0.29) is 22.4 Å². The molecule has 1 N–H and O–H groups in total. The Balaban J connectivity index is 0.00000228. The number of aromatic amines is 1. The van der Waals surface area contributed by atoms with Crippen LogP contribution in [0.3, 0.4) is 0 Å². The van der Waals surface area contributed by atoms with Gasteiger partial charge in [-0.25, -0.2) is 9.49 Å². The molecule has 7 rings (SSSR count). The fraction of sp³-hybridized carbons (Fsp3) is 0.585. The first-order chi connectivity index (χ1) is 25.3. The molecule has 0 radical (unpaired) electrons. The first-order valence-electron chi connectivity index (χ1n) is 19.6. The molecule has 1 saturated carbocycles. The number of hydrogen-bond acceptors (Lipinski definition) is 6. The Morgan fingerprint density at radius 3 is 2.25 bits per heavy atom. The number of nitrogens with one attached hydrogen (secondary N) is 1. The third kappa shape index (κ3) is 8.73. The maximum Gasteiger partial charge on any atom is 0.272 e. The molecule has 4 aliphatic rings. The van der Waals surface area contributed by atoms with Crippen molar-refractivity contribution in [1.82, 2.24) is 29.8 Å². The van der Waals surface area contributed by atoms with E-state index >= 15 is 4.39 Å². The minimum absolute atomic E-state index is 0.00614. The van der Waals surface area contributed by atoms with E-state index in [4.69, 9.17) is 0 Å². The summed E-state index contributed by atoms with van der Waals surface area (Å²) in [6.45, 7) is 9.20. The molecule has 4 heterocycles. The van der Waals surface area contributed by atoms with Gasteiger partial charge >= 0.3 is 0 Å². The van der Waals surface area contributed by atoms with Crippen LogP contribution in [0.2, 0.25) is 0 Å². The van der Waals surface area contributed by atoms with Gasteiger partial charge in [-0.1, -0.05) is 57.4 Å². The quantitative estimate of drug-likeness (QED) is 0.340. The van der Waals surface area contributed by atoms with Crippen molar-refractivity contribution in [3.05, 3.63) is 75.5 Å². The second-order valence-corrected chi connectivity index (χ2v) is 15.2. The van der Waals surface area contributed by atoms with E-state index in [1.54, 1.807) is 29.2 Å². The lowest BCUT2D eigenvalue weighted by Crippen LogP contribution is -2.56. The number of piperidine rings is 2. The van der Waals surface area contributed by atoms with Gasteiger partial charge in [0.1, 0.15) is 5.82 Å². The summed E-state index contributed by atoms with van der Waals surface area (Å²) in [5.41, 5.74) is 1.13. The van der Waals surface area contributed by atoms with Crippen molar-refractivity contribution in [2.24, 2.45) is 11.3 Å². The average molecular weight is 715 g/mol. The van der Waals surface area contributed by atoms with Crippen LogP contribution in [-0.4, -0.2) is 106 Å². The third-order valence-corrected chi connectivity index (χ3v) is 11.6. The number of nitrogens with zero attached hydrogens (tertiary/aromatic N) is 5. The molecular formula is C41H55FN6O4. The van der Waals surface area contributed by atoms with Crippen molar-refractivity contribution in [2.45, 2.75) is 84.5 Å². The number of amides is 3. The summed E-state index contributed by atoms with van der Waals surface area (Å²) in [5, 5.41) is 8.00. The average Bonchev–Trinajstić information content (AvgIpc) is 3.18. The molecule has 4 fully saturated rings. The van der Waals surface area contributed by atoms with Crippen LogP contribution in [0.4, 0.5) is 4.39 Å². The molecule has 3 saturated heterocycles. The van der Waals surface area contributed by atoms with Crippen molar-refractivity contribution < 1.29 is 18.8 Å². The van der Waals surface area contributed by atoms with Crippen LogP contribution in [-0.2, 0) is 16.0 Å². The van der Waals surface area contributed by atoms with Gasteiger partial charge in [0.05, 0.1) is 23.2 Å². The number of hydrogen-bond donors (Lipinski definition) is 1. The Kier molecular flexibility index (Phi) is 12.4. The zero-order valence-electron chi connectivity index (χ0n) is 31.0. The summed E-state index contributed by atoms with van der Waals surface area (Å²) in [6.07, 6.45) is 11.4. The zero-order chi connectivity index (χ0) is 36.7. The van der Waals surface area contributed by atoms with Gasteiger partial charge in [-0.3, -0.25) is 24.1 Å². The fourth-order valence-corrected chi connectivity index (χ4v) is 8.93. The molecule has 52 heavy (non-hydrogen) atoms. The van der Waals surface area contributed by atoms with Crippen LogP contribution in [0.15, 0.2) is 47.3 Å². The number of aromatic nitrogens is 2. The number of benzene rings is 2. The van der Waals surface area contributed by atoms with E-state index < -0.39 is 11.7 Å². The van der Waals surface area contributed by atoms with Gasteiger partial charge in [0, 0.05) is 69.5 Å². The SMILES string of the molecule is CC.O=C(CN1CCCC2(CCCN(C(=O)CC3CCCCC3)C2)C1)N1CCN(C(=O)c2cc(Cc3n[nH]c(=O)c4ccccc34)ccc2F)CC1. The van der Waals surface area contributed by atoms with E-state index in [0.29, 0.717) is 74.0 Å². The van der Waals surface area contributed by atoms with E-state index in [2.05, 4.69) is 20.0 Å². The Morgan fingerprint density at radius 2 is 1.50 bits per heavy atom. The van der Waals surface area contributed by atoms with E-state index in [0.717, 1.165) is 57.2 Å². The standard InChI is InChI=1S/C39H49FN6O4.C2H6/c40-33-13-12-29(23-34-30-10-4-5-11-31(30)37(49)42-41-34)22-32(33)38(50)45-20-18-44(19-21-45)36(48)25-43-16-6-14-39(26-43)15-7-17-46(27-39)35(47)24-28-8-2-1-3-9-28;1-2/h4-5,10-13,22,28H,1-3,6-9,14-21,23-27H2,(H,42,49);1-2H3. The summed E-state index contributed by atoms with van der Waals surface area (Å²) >= 11 is 0. The number of likely N-dealkylation sites (tertiary alicyclic amines) is 2. The number of carbonyl (C=O) groups excluding carboxylic acids is 3. The van der Waals surface area contributed by atoms with Crippen molar-refractivity contribution >= 4 is 28.5 Å². The number of rotatable bonds is 7. The molecule has 1 unspecified atom stereocenters. The predicted octanol–water partition coefficient (Wildman–Crippen LogP) is 5.64. The van der Waals surface area contributed by atoms with Gasteiger partial charge in [0.25, 0.3) is 11.5 Å². The number of H-pyrrole nitrogens is 1. The van der Waals surface area contributed by atoms with Crippen LogP contribution in [0.1, 0.15) is 99.7 Å². The highest BCUT2D eigenvalue weighted by atomic mass is 19.1.